The van der Waals surface area contributed by atoms with E-state index in [-0.39, 0.29) is 10.9 Å². The van der Waals surface area contributed by atoms with E-state index in [1.807, 2.05) is 13.0 Å². The van der Waals surface area contributed by atoms with Crippen LogP contribution in [0.4, 0.5) is 0 Å². The number of rotatable bonds is 7. The zero-order chi connectivity index (χ0) is 14.5. The maximum absolute atomic E-state index is 12.4. The summed E-state index contributed by atoms with van der Waals surface area (Å²) in [5.41, 5.74) is 7.14. The number of nitrogens with two attached hydrogens (primary N) is 1. The van der Waals surface area contributed by atoms with Gasteiger partial charge in [0.15, 0.2) is 0 Å². The van der Waals surface area contributed by atoms with Crippen molar-refractivity contribution >= 4 is 10.0 Å². The molecule has 3 N–H and O–H groups in total. The van der Waals surface area contributed by atoms with E-state index in [9.17, 15) is 8.42 Å². The molecule has 1 aromatic carbocycles. The van der Waals surface area contributed by atoms with Gasteiger partial charge in [-0.05, 0) is 30.5 Å². The summed E-state index contributed by atoms with van der Waals surface area (Å²) in [6, 6.07) is 4.91. The Hall–Kier alpha value is -0.950. The van der Waals surface area contributed by atoms with Crippen molar-refractivity contribution in [2.45, 2.75) is 37.8 Å². The topological polar surface area (TPSA) is 81.4 Å². The van der Waals surface area contributed by atoms with Gasteiger partial charge < -0.3 is 10.5 Å². The highest BCUT2D eigenvalue weighted by atomic mass is 32.2. The van der Waals surface area contributed by atoms with Gasteiger partial charge in [-0.15, -0.1) is 0 Å². The molecule has 6 heteroatoms. The Bertz CT molecular complexity index is 515. The minimum absolute atomic E-state index is 0.226. The van der Waals surface area contributed by atoms with E-state index >= 15 is 0 Å². The van der Waals surface area contributed by atoms with Crippen molar-refractivity contribution in [3.05, 3.63) is 29.3 Å². The highest BCUT2D eigenvalue weighted by Gasteiger charge is 2.21. The summed E-state index contributed by atoms with van der Waals surface area (Å²) >= 11 is 0. The SMILES string of the molecule is CCC(COC)NS(=O)(=O)c1cccc(CN)c1C. The lowest BCUT2D eigenvalue weighted by atomic mass is 10.1. The quantitative estimate of drug-likeness (QED) is 0.788. The van der Waals surface area contributed by atoms with Crippen LogP contribution >= 0.6 is 0 Å². The van der Waals surface area contributed by atoms with Gasteiger partial charge in [-0.3, -0.25) is 0 Å². The third kappa shape index (κ3) is 4.01. The molecule has 108 valence electrons. The number of hydrogen-bond donors (Lipinski definition) is 2. The molecule has 0 aliphatic rings. The summed E-state index contributed by atoms with van der Waals surface area (Å²) in [4.78, 5) is 0.282. The Morgan fingerprint density at radius 3 is 2.63 bits per heavy atom. The zero-order valence-corrected chi connectivity index (χ0v) is 12.5. The van der Waals surface area contributed by atoms with Crippen LogP contribution in [0.15, 0.2) is 23.1 Å². The minimum Gasteiger partial charge on any atom is -0.383 e. The number of ether oxygens (including phenoxy) is 1. The number of sulfonamides is 1. The second-order valence-electron chi connectivity index (χ2n) is 4.43. The number of benzene rings is 1. The number of nitrogens with one attached hydrogen (secondary N) is 1. The van der Waals surface area contributed by atoms with Crippen molar-refractivity contribution < 1.29 is 13.2 Å². The third-order valence-corrected chi connectivity index (χ3v) is 4.75. The van der Waals surface area contributed by atoms with Crippen LogP contribution in [-0.2, 0) is 21.3 Å². The molecule has 0 aliphatic carbocycles. The largest absolute Gasteiger partial charge is 0.383 e. The van der Waals surface area contributed by atoms with E-state index in [2.05, 4.69) is 4.72 Å². The van der Waals surface area contributed by atoms with Crippen molar-refractivity contribution in [3.63, 3.8) is 0 Å². The molecular weight excluding hydrogens is 264 g/mol. The molecule has 19 heavy (non-hydrogen) atoms. The summed E-state index contributed by atoms with van der Waals surface area (Å²) in [5, 5.41) is 0. The van der Waals surface area contributed by atoms with Crippen LogP contribution in [-0.4, -0.2) is 28.2 Å². The Morgan fingerprint density at radius 2 is 2.11 bits per heavy atom. The first kappa shape index (κ1) is 16.1. The van der Waals surface area contributed by atoms with Crippen molar-refractivity contribution in [2.75, 3.05) is 13.7 Å². The molecule has 0 amide bonds. The summed E-state index contributed by atoms with van der Waals surface area (Å²) in [6.07, 6.45) is 0.669. The molecule has 1 atom stereocenters. The first-order valence-corrected chi connectivity index (χ1v) is 7.74. The number of hydrogen-bond acceptors (Lipinski definition) is 4. The molecule has 0 aliphatic heterocycles. The van der Waals surface area contributed by atoms with Crippen LogP contribution in [0.3, 0.4) is 0 Å². The van der Waals surface area contributed by atoms with Crippen LogP contribution in [0.1, 0.15) is 24.5 Å². The summed E-state index contributed by atoms with van der Waals surface area (Å²) in [6.45, 7) is 4.36. The molecule has 0 saturated carbocycles. The average Bonchev–Trinajstić information content (AvgIpc) is 2.38. The molecule has 1 rings (SSSR count). The average molecular weight is 286 g/mol. The lowest BCUT2D eigenvalue weighted by Gasteiger charge is -2.18. The lowest BCUT2D eigenvalue weighted by molar-refractivity contribution is 0.173. The van der Waals surface area contributed by atoms with E-state index in [4.69, 9.17) is 10.5 Å². The predicted molar refractivity (Wildman–Crippen MR) is 75.3 cm³/mol. The van der Waals surface area contributed by atoms with Crippen molar-refractivity contribution in [2.24, 2.45) is 5.73 Å². The van der Waals surface area contributed by atoms with E-state index in [0.29, 0.717) is 25.1 Å². The van der Waals surface area contributed by atoms with Gasteiger partial charge in [0.25, 0.3) is 0 Å². The first-order chi connectivity index (χ1) is 8.96. The Morgan fingerprint density at radius 1 is 1.42 bits per heavy atom. The smallest absolute Gasteiger partial charge is 0.241 e. The van der Waals surface area contributed by atoms with Gasteiger partial charge in [-0.25, -0.2) is 13.1 Å². The molecular formula is C13H22N2O3S. The maximum Gasteiger partial charge on any atom is 0.241 e. The fraction of sp³-hybridized carbons (Fsp3) is 0.538. The first-order valence-electron chi connectivity index (χ1n) is 6.26. The lowest BCUT2D eigenvalue weighted by Crippen LogP contribution is -2.37. The second-order valence-corrected chi connectivity index (χ2v) is 6.11. The Balaban J connectivity index is 3.06. The zero-order valence-electron chi connectivity index (χ0n) is 11.6. The Labute approximate surface area is 115 Å². The molecule has 1 aromatic rings. The summed E-state index contributed by atoms with van der Waals surface area (Å²) < 4.78 is 32.4. The van der Waals surface area contributed by atoms with Crippen LogP contribution < -0.4 is 10.5 Å². The molecule has 0 radical (unpaired) electrons. The minimum atomic E-state index is -3.54. The van der Waals surface area contributed by atoms with Crippen LogP contribution in [0.25, 0.3) is 0 Å². The van der Waals surface area contributed by atoms with Gasteiger partial charge >= 0.3 is 0 Å². The normalized spacial score (nSPS) is 13.5. The van der Waals surface area contributed by atoms with Crippen LogP contribution in [0.2, 0.25) is 0 Å². The van der Waals surface area contributed by atoms with Crippen molar-refractivity contribution in [1.29, 1.82) is 0 Å². The summed E-state index contributed by atoms with van der Waals surface area (Å²) in [5.74, 6) is 0. The fourth-order valence-corrected chi connectivity index (χ4v) is 3.48. The number of methoxy groups -OCH3 is 1. The third-order valence-electron chi connectivity index (χ3n) is 3.09. The highest BCUT2D eigenvalue weighted by molar-refractivity contribution is 7.89. The van der Waals surface area contributed by atoms with Gasteiger partial charge in [0.05, 0.1) is 11.5 Å². The monoisotopic (exact) mass is 286 g/mol. The summed E-state index contributed by atoms with van der Waals surface area (Å²) in [7, 11) is -1.99. The molecule has 0 spiro atoms. The van der Waals surface area contributed by atoms with Crippen LogP contribution in [0.5, 0.6) is 0 Å². The van der Waals surface area contributed by atoms with Gasteiger partial charge in [0, 0.05) is 19.7 Å². The molecule has 0 heterocycles. The Kier molecular flexibility index (Phi) is 5.93. The molecule has 5 nitrogen and oxygen atoms in total. The standard InChI is InChI=1S/C13H22N2O3S/c1-4-12(9-18-3)15-19(16,17)13-7-5-6-11(8-14)10(13)2/h5-7,12,15H,4,8-9,14H2,1-3H3. The second kappa shape index (κ2) is 7.00. The van der Waals surface area contributed by atoms with E-state index in [0.717, 1.165) is 5.56 Å². The van der Waals surface area contributed by atoms with Crippen LogP contribution in [0, 0.1) is 6.92 Å². The molecule has 0 bridgehead atoms. The van der Waals surface area contributed by atoms with Crippen molar-refractivity contribution in [1.82, 2.24) is 4.72 Å². The van der Waals surface area contributed by atoms with E-state index in [1.165, 1.54) is 0 Å². The molecule has 1 unspecified atom stereocenters. The predicted octanol–water partition coefficient (Wildman–Crippen LogP) is 1.16. The van der Waals surface area contributed by atoms with E-state index < -0.39 is 10.0 Å². The van der Waals surface area contributed by atoms with Gasteiger partial charge in [-0.1, -0.05) is 19.1 Å². The van der Waals surface area contributed by atoms with E-state index in [1.54, 1.807) is 26.2 Å². The highest BCUT2D eigenvalue weighted by Crippen LogP contribution is 2.19. The van der Waals surface area contributed by atoms with Gasteiger partial charge in [0.1, 0.15) is 0 Å². The van der Waals surface area contributed by atoms with Gasteiger partial charge in [-0.2, -0.15) is 0 Å². The molecule has 0 aromatic heterocycles. The fourth-order valence-electron chi connectivity index (χ4n) is 1.89. The van der Waals surface area contributed by atoms with Crippen molar-refractivity contribution in [3.8, 4) is 0 Å². The maximum atomic E-state index is 12.4. The molecule has 0 fully saturated rings. The van der Waals surface area contributed by atoms with Gasteiger partial charge in [0.2, 0.25) is 10.0 Å². The molecule has 0 saturated heterocycles.